The van der Waals surface area contributed by atoms with Crippen LogP contribution in [0.5, 0.6) is 5.75 Å². The molecule has 6 nitrogen and oxygen atoms in total. The number of carbonyl (C=O) groups is 1. The van der Waals surface area contributed by atoms with Crippen molar-refractivity contribution in [3.63, 3.8) is 0 Å². The molecule has 3 aromatic rings. The highest BCUT2D eigenvalue weighted by molar-refractivity contribution is 7.92. The van der Waals surface area contributed by atoms with E-state index in [4.69, 9.17) is 4.74 Å². The highest BCUT2D eigenvalue weighted by Crippen LogP contribution is 2.24. The summed E-state index contributed by atoms with van der Waals surface area (Å²) in [5.41, 5.74) is 1.46. The number of ether oxygens (including phenoxy) is 1. The van der Waals surface area contributed by atoms with E-state index in [2.05, 4.69) is 10.0 Å². The van der Waals surface area contributed by atoms with Gasteiger partial charge in [0.2, 0.25) is 0 Å². The number of hydrogen-bond acceptors (Lipinski definition) is 4. The topological polar surface area (TPSA) is 84.5 Å². The van der Waals surface area contributed by atoms with Gasteiger partial charge >= 0.3 is 0 Å². The molecule has 0 bridgehead atoms. The minimum Gasteiger partial charge on any atom is -0.481 e. The van der Waals surface area contributed by atoms with Gasteiger partial charge in [0.15, 0.2) is 6.10 Å². The third-order valence-electron chi connectivity index (χ3n) is 4.30. The summed E-state index contributed by atoms with van der Waals surface area (Å²) < 4.78 is 46.2. The van der Waals surface area contributed by atoms with Crippen molar-refractivity contribution in [1.29, 1.82) is 0 Å². The largest absolute Gasteiger partial charge is 0.481 e. The molecule has 30 heavy (non-hydrogen) atoms. The normalized spacial score (nSPS) is 12.1. The van der Waals surface area contributed by atoms with Gasteiger partial charge in [-0.2, -0.15) is 0 Å². The monoisotopic (exact) mass is 428 g/mol. The zero-order chi connectivity index (χ0) is 21.7. The average Bonchev–Trinajstić information content (AvgIpc) is 2.72. The summed E-state index contributed by atoms with van der Waals surface area (Å²) in [6.45, 7) is 3.32. The Morgan fingerprint density at radius 2 is 1.67 bits per heavy atom. The smallest absolute Gasteiger partial charge is 0.265 e. The van der Waals surface area contributed by atoms with Gasteiger partial charge in [0.25, 0.3) is 15.9 Å². The standard InChI is InChI=1S/C22H21FN2O4S/c1-15-8-11-18(14-21(15)25-30(27,28)20-6-4-3-5-7-20)24-22(26)16(2)29-19-12-9-17(23)10-13-19/h3-14,16,25H,1-2H3,(H,24,26)/t16-/m1/s1. The van der Waals surface area contributed by atoms with Gasteiger partial charge in [0.1, 0.15) is 11.6 Å². The van der Waals surface area contributed by atoms with Gasteiger partial charge in [-0.25, -0.2) is 12.8 Å². The molecule has 0 radical (unpaired) electrons. The summed E-state index contributed by atoms with van der Waals surface area (Å²) in [4.78, 5) is 12.6. The molecule has 8 heteroatoms. The number of nitrogens with one attached hydrogen (secondary N) is 2. The number of sulfonamides is 1. The lowest BCUT2D eigenvalue weighted by Crippen LogP contribution is -2.30. The number of hydrogen-bond donors (Lipinski definition) is 2. The Kier molecular flexibility index (Phi) is 6.37. The van der Waals surface area contributed by atoms with E-state index in [9.17, 15) is 17.6 Å². The molecule has 3 rings (SSSR count). The van der Waals surface area contributed by atoms with E-state index < -0.39 is 27.9 Å². The predicted molar refractivity (Wildman–Crippen MR) is 114 cm³/mol. The van der Waals surface area contributed by atoms with Crippen LogP contribution in [0, 0.1) is 12.7 Å². The number of amides is 1. The van der Waals surface area contributed by atoms with Crippen LogP contribution in [0.2, 0.25) is 0 Å². The molecule has 0 aliphatic carbocycles. The fraction of sp³-hybridized carbons (Fsp3) is 0.136. The van der Waals surface area contributed by atoms with Crippen molar-refractivity contribution in [3.8, 4) is 5.75 Å². The maximum absolute atomic E-state index is 13.0. The van der Waals surface area contributed by atoms with Crippen LogP contribution in [0.1, 0.15) is 12.5 Å². The number of benzene rings is 3. The lowest BCUT2D eigenvalue weighted by atomic mass is 10.2. The third-order valence-corrected chi connectivity index (χ3v) is 5.68. The van der Waals surface area contributed by atoms with Gasteiger partial charge in [-0.3, -0.25) is 9.52 Å². The molecular weight excluding hydrogens is 407 g/mol. The molecule has 1 amide bonds. The van der Waals surface area contributed by atoms with Crippen LogP contribution in [-0.2, 0) is 14.8 Å². The first-order valence-corrected chi connectivity index (χ1v) is 10.6. The van der Waals surface area contributed by atoms with Crippen molar-refractivity contribution in [2.24, 2.45) is 0 Å². The van der Waals surface area contributed by atoms with Crippen LogP contribution in [0.4, 0.5) is 15.8 Å². The van der Waals surface area contributed by atoms with E-state index >= 15 is 0 Å². The SMILES string of the molecule is Cc1ccc(NC(=O)[C@@H](C)Oc2ccc(F)cc2)cc1NS(=O)(=O)c1ccccc1. The molecule has 1 atom stereocenters. The zero-order valence-electron chi connectivity index (χ0n) is 16.4. The first kappa shape index (κ1) is 21.3. The second-order valence-corrected chi connectivity index (χ2v) is 8.33. The molecule has 0 fully saturated rings. The van der Waals surface area contributed by atoms with Crippen LogP contribution < -0.4 is 14.8 Å². The Labute approximate surface area is 174 Å². The number of carbonyl (C=O) groups excluding carboxylic acids is 1. The number of rotatable bonds is 7. The second-order valence-electron chi connectivity index (χ2n) is 6.65. The fourth-order valence-corrected chi connectivity index (χ4v) is 3.77. The van der Waals surface area contributed by atoms with Gasteiger partial charge in [-0.05, 0) is 67.9 Å². The van der Waals surface area contributed by atoms with E-state index in [0.717, 1.165) is 0 Å². The van der Waals surface area contributed by atoms with Crippen molar-refractivity contribution < 1.29 is 22.3 Å². The van der Waals surface area contributed by atoms with E-state index in [-0.39, 0.29) is 4.90 Å². The van der Waals surface area contributed by atoms with Gasteiger partial charge in [0, 0.05) is 5.69 Å². The summed E-state index contributed by atoms with van der Waals surface area (Å²) >= 11 is 0. The quantitative estimate of drug-likeness (QED) is 0.586. The first-order chi connectivity index (χ1) is 14.2. The van der Waals surface area contributed by atoms with Crippen molar-refractivity contribution in [1.82, 2.24) is 0 Å². The van der Waals surface area contributed by atoms with Gasteiger partial charge in [0.05, 0.1) is 10.6 Å². The molecule has 156 valence electrons. The molecule has 0 saturated carbocycles. The lowest BCUT2D eigenvalue weighted by Gasteiger charge is -2.16. The Balaban J connectivity index is 1.71. The van der Waals surface area contributed by atoms with Crippen LogP contribution in [-0.4, -0.2) is 20.4 Å². The molecule has 0 aromatic heterocycles. The molecular formula is C22H21FN2O4S. The Morgan fingerprint density at radius 3 is 2.33 bits per heavy atom. The summed E-state index contributed by atoms with van der Waals surface area (Å²) in [5, 5.41) is 2.69. The summed E-state index contributed by atoms with van der Waals surface area (Å²) in [6.07, 6.45) is -0.846. The fourth-order valence-electron chi connectivity index (χ4n) is 2.63. The van der Waals surface area contributed by atoms with E-state index in [1.54, 1.807) is 50.2 Å². The molecule has 2 N–H and O–H groups in total. The molecule has 0 unspecified atom stereocenters. The highest BCUT2D eigenvalue weighted by atomic mass is 32.2. The van der Waals surface area contributed by atoms with Crippen molar-refractivity contribution in [2.75, 3.05) is 10.0 Å². The van der Waals surface area contributed by atoms with Crippen molar-refractivity contribution >= 4 is 27.3 Å². The van der Waals surface area contributed by atoms with Crippen LogP contribution in [0.25, 0.3) is 0 Å². The van der Waals surface area contributed by atoms with Crippen molar-refractivity contribution in [2.45, 2.75) is 24.8 Å². The second kappa shape index (κ2) is 8.96. The minimum absolute atomic E-state index is 0.139. The van der Waals surface area contributed by atoms with E-state index in [0.29, 0.717) is 22.7 Å². The van der Waals surface area contributed by atoms with Crippen molar-refractivity contribution in [3.05, 3.63) is 84.2 Å². The molecule has 0 spiro atoms. The lowest BCUT2D eigenvalue weighted by molar-refractivity contribution is -0.122. The Bertz CT molecular complexity index is 1130. The molecule has 0 heterocycles. The molecule has 0 saturated heterocycles. The molecule has 0 aliphatic heterocycles. The maximum Gasteiger partial charge on any atom is 0.265 e. The molecule has 0 aliphatic rings. The van der Waals surface area contributed by atoms with Gasteiger partial charge in [-0.15, -0.1) is 0 Å². The number of aryl methyl sites for hydroxylation is 1. The van der Waals surface area contributed by atoms with E-state index in [1.807, 2.05) is 0 Å². The van der Waals surface area contributed by atoms with Crippen LogP contribution >= 0.6 is 0 Å². The Morgan fingerprint density at radius 1 is 1.00 bits per heavy atom. The summed E-state index contributed by atoms with van der Waals surface area (Å²) in [5.74, 6) is -0.469. The first-order valence-electron chi connectivity index (χ1n) is 9.16. The van der Waals surface area contributed by atoms with Crippen LogP contribution in [0.3, 0.4) is 0 Å². The molecule has 3 aromatic carbocycles. The summed E-state index contributed by atoms with van der Waals surface area (Å²) in [6, 6.07) is 18.3. The highest BCUT2D eigenvalue weighted by Gasteiger charge is 2.18. The average molecular weight is 428 g/mol. The number of anilines is 2. The maximum atomic E-state index is 13.0. The van der Waals surface area contributed by atoms with E-state index in [1.165, 1.54) is 36.4 Å². The number of halogens is 1. The van der Waals surface area contributed by atoms with Crippen LogP contribution in [0.15, 0.2) is 77.7 Å². The predicted octanol–water partition coefficient (Wildman–Crippen LogP) is 4.34. The zero-order valence-corrected chi connectivity index (χ0v) is 17.2. The third kappa shape index (κ3) is 5.36. The minimum atomic E-state index is -3.76. The van der Waals surface area contributed by atoms with Gasteiger partial charge < -0.3 is 10.1 Å². The summed E-state index contributed by atoms with van der Waals surface area (Å²) in [7, 11) is -3.76. The Hall–Kier alpha value is -3.39. The van der Waals surface area contributed by atoms with Gasteiger partial charge in [-0.1, -0.05) is 24.3 Å².